The molecular weight excluding hydrogens is 237 g/mol. The molecule has 1 amide bonds. The first-order valence-electron chi connectivity index (χ1n) is 5.80. The van der Waals surface area contributed by atoms with Crippen molar-refractivity contribution in [3.63, 3.8) is 0 Å². The zero-order valence-corrected chi connectivity index (χ0v) is 9.97. The molecule has 1 aromatic rings. The van der Waals surface area contributed by atoms with Crippen LogP contribution in [-0.2, 0) is 4.79 Å². The average Bonchev–Trinajstić information content (AvgIpc) is 2.51. The van der Waals surface area contributed by atoms with E-state index in [1.165, 1.54) is 11.0 Å². The van der Waals surface area contributed by atoms with E-state index in [0.717, 1.165) is 0 Å². The van der Waals surface area contributed by atoms with Gasteiger partial charge in [-0.1, -0.05) is 0 Å². The first-order valence-corrected chi connectivity index (χ1v) is 5.80. The monoisotopic (exact) mass is 253 g/mol. The summed E-state index contributed by atoms with van der Waals surface area (Å²) >= 11 is 0. The normalized spacial score (nSPS) is 16.9. The number of nitrogens with two attached hydrogens (primary N) is 1. The van der Waals surface area contributed by atoms with Crippen LogP contribution in [0.3, 0.4) is 0 Å². The molecular formula is C12H16FN3O2. The van der Waals surface area contributed by atoms with Gasteiger partial charge in [0.05, 0.1) is 5.69 Å². The van der Waals surface area contributed by atoms with Gasteiger partial charge in [-0.3, -0.25) is 4.79 Å². The lowest BCUT2D eigenvalue weighted by atomic mass is 10.2. The molecule has 6 heteroatoms. The van der Waals surface area contributed by atoms with Gasteiger partial charge in [0.1, 0.15) is 12.5 Å². The molecule has 0 atom stereocenters. The molecule has 3 N–H and O–H groups in total. The van der Waals surface area contributed by atoms with Crippen LogP contribution in [0.25, 0.3) is 0 Å². The summed E-state index contributed by atoms with van der Waals surface area (Å²) < 4.78 is 13.8. The highest BCUT2D eigenvalue weighted by molar-refractivity contribution is 5.77. The van der Waals surface area contributed by atoms with Gasteiger partial charge in [-0.05, 0) is 18.2 Å². The molecule has 98 valence electrons. The van der Waals surface area contributed by atoms with E-state index in [2.05, 4.69) is 0 Å². The van der Waals surface area contributed by atoms with E-state index in [4.69, 9.17) is 10.8 Å². The Hall–Kier alpha value is -1.82. The number of nitrogens with zero attached hydrogens (tertiary/aromatic N) is 2. The van der Waals surface area contributed by atoms with Crippen LogP contribution in [0, 0.1) is 5.82 Å². The van der Waals surface area contributed by atoms with Crippen molar-refractivity contribution in [2.24, 2.45) is 0 Å². The van der Waals surface area contributed by atoms with Crippen molar-refractivity contribution in [3.8, 4) is 0 Å². The number of carbonyl (C=O) groups excluding carboxylic acids is 1. The summed E-state index contributed by atoms with van der Waals surface area (Å²) in [5.41, 5.74) is 6.32. The number of hydrogen-bond donors (Lipinski definition) is 2. The maximum Gasteiger partial charge on any atom is 0.226 e. The van der Waals surface area contributed by atoms with Crippen LogP contribution in [0.2, 0.25) is 0 Å². The van der Waals surface area contributed by atoms with E-state index >= 15 is 0 Å². The van der Waals surface area contributed by atoms with Crippen LogP contribution < -0.4 is 10.6 Å². The Morgan fingerprint density at radius 2 is 2.11 bits per heavy atom. The molecule has 0 bridgehead atoms. The van der Waals surface area contributed by atoms with E-state index in [1.54, 1.807) is 17.0 Å². The molecule has 0 aromatic heterocycles. The van der Waals surface area contributed by atoms with Gasteiger partial charge < -0.3 is 20.6 Å². The summed E-state index contributed by atoms with van der Waals surface area (Å²) in [5.74, 6) is -0.504. The highest BCUT2D eigenvalue weighted by Crippen LogP contribution is 2.22. The third kappa shape index (κ3) is 2.53. The lowest BCUT2D eigenvalue weighted by Gasteiger charge is -2.23. The second-order valence-corrected chi connectivity index (χ2v) is 4.25. The van der Waals surface area contributed by atoms with Crippen LogP contribution in [0.5, 0.6) is 0 Å². The van der Waals surface area contributed by atoms with Gasteiger partial charge in [-0.25, -0.2) is 4.39 Å². The largest absolute Gasteiger partial charge is 0.399 e. The minimum atomic E-state index is -0.389. The van der Waals surface area contributed by atoms with Crippen molar-refractivity contribution in [3.05, 3.63) is 24.0 Å². The molecule has 1 aromatic carbocycles. The van der Waals surface area contributed by atoms with Crippen molar-refractivity contribution in [2.45, 2.75) is 6.42 Å². The number of benzene rings is 1. The number of nitrogen functional groups attached to an aromatic ring is 1. The molecule has 0 radical (unpaired) electrons. The standard InChI is InChI=1S/C12H16FN3O2/c13-10-7-9(14)1-2-11(10)15-4-3-12(18)16(8-17)6-5-15/h1-2,7,17H,3-6,8,14H2. The molecule has 18 heavy (non-hydrogen) atoms. The Morgan fingerprint density at radius 3 is 2.78 bits per heavy atom. The molecule has 5 nitrogen and oxygen atoms in total. The first-order chi connectivity index (χ1) is 8.61. The molecule has 1 aliphatic rings. The topological polar surface area (TPSA) is 69.8 Å². The maximum absolute atomic E-state index is 13.8. The molecule has 1 fully saturated rings. The fourth-order valence-electron chi connectivity index (χ4n) is 2.04. The number of hydrogen-bond acceptors (Lipinski definition) is 4. The van der Waals surface area contributed by atoms with Crippen molar-refractivity contribution in [2.75, 3.05) is 37.0 Å². The summed E-state index contributed by atoms with van der Waals surface area (Å²) in [6, 6.07) is 4.52. The highest BCUT2D eigenvalue weighted by atomic mass is 19.1. The number of aliphatic hydroxyl groups is 1. The smallest absolute Gasteiger partial charge is 0.226 e. The number of anilines is 2. The van der Waals surface area contributed by atoms with E-state index in [-0.39, 0.29) is 24.9 Å². The number of amides is 1. The quantitative estimate of drug-likeness (QED) is 0.748. The molecule has 0 saturated carbocycles. The fraction of sp³-hybridized carbons (Fsp3) is 0.417. The molecule has 1 aliphatic heterocycles. The fourth-order valence-corrected chi connectivity index (χ4v) is 2.04. The Bertz CT molecular complexity index is 453. The summed E-state index contributed by atoms with van der Waals surface area (Å²) in [6.07, 6.45) is 0.268. The van der Waals surface area contributed by atoms with Gasteiger partial charge >= 0.3 is 0 Å². The molecule has 0 unspecified atom stereocenters. The minimum Gasteiger partial charge on any atom is -0.399 e. The van der Waals surface area contributed by atoms with E-state index in [9.17, 15) is 9.18 Å². The Balaban J connectivity index is 2.16. The van der Waals surface area contributed by atoms with Crippen molar-refractivity contribution < 1.29 is 14.3 Å². The predicted octanol–water partition coefficient (Wildman–Crippen LogP) is 0.396. The molecule has 1 heterocycles. The van der Waals surface area contributed by atoms with E-state index in [1.807, 2.05) is 0 Å². The van der Waals surface area contributed by atoms with Crippen LogP contribution in [0.15, 0.2) is 18.2 Å². The highest BCUT2D eigenvalue weighted by Gasteiger charge is 2.21. The van der Waals surface area contributed by atoms with Gasteiger partial charge in [0.25, 0.3) is 0 Å². The van der Waals surface area contributed by atoms with Crippen molar-refractivity contribution in [1.29, 1.82) is 0 Å². The van der Waals surface area contributed by atoms with Crippen molar-refractivity contribution in [1.82, 2.24) is 4.90 Å². The van der Waals surface area contributed by atoms with Crippen LogP contribution in [0.1, 0.15) is 6.42 Å². The van der Waals surface area contributed by atoms with Gasteiger partial charge in [0, 0.05) is 31.7 Å². The number of halogens is 1. The third-order valence-corrected chi connectivity index (χ3v) is 3.07. The lowest BCUT2D eigenvalue weighted by molar-refractivity contribution is -0.133. The van der Waals surface area contributed by atoms with Gasteiger partial charge in [0.2, 0.25) is 5.91 Å². The van der Waals surface area contributed by atoms with Gasteiger partial charge in [-0.2, -0.15) is 0 Å². The van der Waals surface area contributed by atoms with Crippen LogP contribution >= 0.6 is 0 Å². The second kappa shape index (κ2) is 5.22. The zero-order valence-electron chi connectivity index (χ0n) is 9.97. The van der Waals surface area contributed by atoms with Crippen molar-refractivity contribution >= 4 is 17.3 Å². The van der Waals surface area contributed by atoms with E-state index < -0.39 is 0 Å². The Morgan fingerprint density at radius 1 is 1.33 bits per heavy atom. The van der Waals surface area contributed by atoms with Gasteiger partial charge in [-0.15, -0.1) is 0 Å². The number of aliphatic hydroxyl groups excluding tert-OH is 1. The van der Waals surface area contributed by atoms with E-state index in [0.29, 0.717) is 31.0 Å². The zero-order chi connectivity index (χ0) is 13.1. The second-order valence-electron chi connectivity index (χ2n) is 4.25. The SMILES string of the molecule is Nc1ccc(N2CCC(=O)N(CO)CC2)c(F)c1. The lowest BCUT2D eigenvalue weighted by Crippen LogP contribution is -2.34. The Labute approximate surface area is 105 Å². The molecule has 1 saturated heterocycles. The first kappa shape index (κ1) is 12.6. The molecule has 2 rings (SSSR count). The summed E-state index contributed by atoms with van der Waals surface area (Å²) in [5, 5.41) is 9.03. The Kier molecular flexibility index (Phi) is 3.66. The summed E-state index contributed by atoms with van der Waals surface area (Å²) in [6.45, 7) is 1.03. The number of rotatable bonds is 2. The predicted molar refractivity (Wildman–Crippen MR) is 66.4 cm³/mol. The minimum absolute atomic E-state index is 0.115. The third-order valence-electron chi connectivity index (χ3n) is 3.07. The molecule has 0 spiro atoms. The summed E-state index contributed by atoms with van der Waals surface area (Å²) in [4.78, 5) is 14.7. The average molecular weight is 253 g/mol. The molecule has 0 aliphatic carbocycles. The maximum atomic E-state index is 13.8. The van der Waals surface area contributed by atoms with Crippen LogP contribution in [0.4, 0.5) is 15.8 Å². The summed E-state index contributed by atoms with van der Waals surface area (Å²) in [7, 11) is 0. The number of carbonyl (C=O) groups is 1. The van der Waals surface area contributed by atoms with Crippen LogP contribution in [-0.4, -0.2) is 42.3 Å². The van der Waals surface area contributed by atoms with Gasteiger partial charge in [0.15, 0.2) is 0 Å².